The summed E-state index contributed by atoms with van der Waals surface area (Å²) in [6.07, 6.45) is 0. The molecule has 1 aromatic rings. The average Bonchev–Trinajstić information content (AvgIpc) is 2.10. The third kappa shape index (κ3) is 2.75. The molecule has 76 valence electrons. The molecule has 0 unspecified atom stereocenters. The number of rotatable bonds is 3. The Kier molecular flexibility index (Phi) is 3.55. The number of benzene rings is 1. The monoisotopic (exact) mass is 237 g/mol. The van der Waals surface area contributed by atoms with Gasteiger partial charge in [-0.25, -0.2) is 4.39 Å². The van der Waals surface area contributed by atoms with Gasteiger partial charge in [-0.15, -0.1) is 0 Å². The van der Waals surface area contributed by atoms with Gasteiger partial charge in [0, 0.05) is 5.69 Å². The first kappa shape index (κ1) is 11.1. The molecule has 0 aliphatic carbocycles. The zero-order chi connectivity index (χ0) is 10.7. The summed E-state index contributed by atoms with van der Waals surface area (Å²) >= 11 is 11.0. The van der Waals surface area contributed by atoms with Crippen molar-refractivity contribution in [3.63, 3.8) is 0 Å². The largest absolute Gasteiger partial charge is 0.480 e. The van der Waals surface area contributed by atoms with Crippen LogP contribution in [-0.4, -0.2) is 17.6 Å². The zero-order valence-electron chi connectivity index (χ0n) is 6.85. The van der Waals surface area contributed by atoms with Crippen molar-refractivity contribution in [1.82, 2.24) is 0 Å². The Morgan fingerprint density at radius 3 is 2.36 bits per heavy atom. The first-order chi connectivity index (χ1) is 6.50. The van der Waals surface area contributed by atoms with Crippen molar-refractivity contribution < 1.29 is 14.3 Å². The van der Waals surface area contributed by atoms with Crippen LogP contribution in [0.2, 0.25) is 10.0 Å². The van der Waals surface area contributed by atoms with Gasteiger partial charge in [-0.3, -0.25) is 4.79 Å². The molecule has 0 spiro atoms. The number of hydrogen-bond acceptors (Lipinski definition) is 2. The maximum atomic E-state index is 12.9. The number of carboxylic acids is 1. The normalized spacial score (nSPS) is 9.93. The van der Waals surface area contributed by atoms with Crippen LogP contribution in [0.4, 0.5) is 10.1 Å². The molecule has 3 nitrogen and oxygen atoms in total. The molecule has 0 bridgehead atoms. The van der Waals surface area contributed by atoms with Crippen molar-refractivity contribution in [2.24, 2.45) is 0 Å². The maximum absolute atomic E-state index is 12.9. The molecule has 14 heavy (non-hydrogen) atoms. The zero-order valence-corrected chi connectivity index (χ0v) is 8.36. The summed E-state index contributed by atoms with van der Waals surface area (Å²) in [5, 5.41) is 10.6. The lowest BCUT2D eigenvalue weighted by atomic mass is 10.3. The lowest BCUT2D eigenvalue weighted by molar-refractivity contribution is -0.134. The van der Waals surface area contributed by atoms with Crippen LogP contribution in [0.15, 0.2) is 12.1 Å². The van der Waals surface area contributed by atoms with Crippen molar-refractivity contribution in [2.75, 3.05) is 11.9 Å². The van der Waals surface area contributed by atoms with Crippen molar-refractivity contribution in [2.45, 2.75) is 0 Å². The Morgan fingerprint density at radius 2 is 1.93 bits per heavy atom. The predicted molar refractivity (Wildman–Crippen MR) is 52.5 cm³/mol. The van der Waals surface area contributed by atoms with Gasteiger partial charge in [0.2, 0.25) is 0 Å². The van der Waals surface area contributed by atoms with E-state index in [4.69, 9.17) is 28.3 Å². The SMILES string of the molecule is O=C(O)CNc1cc(Cl)c(F)c(Cl)c1. The van der Waals surface area contributed by atoms with Crippen LogP contribution in [-0.2, 0) is 4.79 Å². The highest BCUT2D eigenvalue weighted by atomic mass is 35.5. The molecular weight excluding hydrogens is 232 g/mol. The second-order valence-corrected chi connectivity index (χ2v) is 3.32. The van der Waals surface area contributed by atoms with Gasteiger partial charge in [0.15, 0.2) is 5.82 Å². The summed E-state index contributed by atoms with van der Waals surface area (Å²) in [4.78, 5) is 10.2. The van der Waals surface area contributed by atoms with Crippen LogP contribution < -0.4 is 5.32 Å². The van der Waals surface area contributed by atoms with Gasteiger partial charge in [0.25, 0.3) is 0 Å². The Labute approximate surface area is 89.4 Å². The highest BCUT2D eigenvalue weighted by Crippen LogP contribution is 2.27. The summed E-state index contributed by atoms with van der Waals surface area (Å²) in [5.41, 5.74) is 0.365. The van der Waals surface area contributed by atoms with Crippen LogP contribution in [0.25, 0.3) is 0 Å². The van der Waals surface area contributed by atoms with Gasteiger partial charge in [-0.2, -0.15) is 0 Å². The molecule has 0 saturated heterocycles. The van der Waals surface area contributed by atoms with E-state index in [9.17, 15) is 9.18 Å². The lowest BCUT2D eigenvalue weighted by Gasteiger charge is -2.05. The van der Waals surface area contributed by atoms with Crippen LogP contribution in [0.3, 0.4) is 0 Å². The Hall–Kier alpha value is -1.00. The second-order valence-electron chi connectivity index (χ2n) is 2.50. The molecule has 2 N–H and O–H groups in total. The molecule has 0 radical (unpaired) electrons. The molecule has 6 heteroatoms. The number of anilines is 1. The summed E-state index contributed by atoms with van der Waals surface area (Å²) in [6.45, 7) is -0.279. The molecule has 1 aromatic carbocycles. The molecule has 0 saturated carbocycles. The third-order valence-corrected chi connectivity index (χ3v) is 1.98. The van der Waals surface area contributed by atoms with E-state index in [1.807, 2.05) is 0 Å². The van der Waals surface area contributed by atoms with Crippen molar-refractivity contribution >= 4 is 34.9 Å². The quantitative estimate of drug-likeness (QED) is 0.795. The fourth-order valence-corrected chi connectivity index (χ4v) is 1.32. The van der Waals surface area contributed by atoms with E-state index in [0.717, 1.165) is 0 Å². The molecular formula is C8H6Cl2FNO2. The van der Waals surface area contributed by atoms with Crippen molar-refractivity contribution in [1.29, 1.82) is 0 Å². The highest BCUT2D eigenvalue weighted by Gasteiger charge is 2.07. The molecule has 0 amide bonds. The lowest BCUT2D eigenvalue weighted by Crippen LogP contribution is -2.12. The van der Waals surface area contributed by atoms with Crippen LogP contribution in [0, 0.1) is 5.82 Å². The molecule has 0 aliphatic rings. The fourth-order valence-electron chi connectivity index (χ4n) is 0.835. The van der Waals surface area contributed by atoms with Crippen molar-refractivity contribution in [3.8, 4) is 0 Å². The van der Waals surface area contributed by atoms with E-state index in [0.29, 0.717) is 5.69 Å². The summed E-state index contributed by atoms with van der Waals surface area (Å²) in [6, 6.07) is 2.54. The van der Waals surface area contributed by atoms with Crippen LogP contribution in [0.5, 0.6) is 0 Å². The van der Waals surface area contributed by atoms with Gasteiger partial charge < -0.3 is 10.4 Å². The van der Waals surface area contributed by atoms with Crippen LogP contribution >= 0.6 is 23.2 Å². The number of carboxylic acid groups (broad SMARTS) is 1. The van der Waals surface area contributed by atoms with Gasteiger partial charge in [0.1, 0.15) is 6.54 Å². The molecule has 0 aliphatic heterocycles. The summed E-state index contributed by atoms with van der Waals surface area (Å²) < 4.78 is 12.9. The second kappa shape index (κ2) is 4.48. The van der Waals surface area contributed by atoms with E-state index in [-0.39, 0.29) is 16.6 Å². The minimum absolute atomic E-state index is 0.148. The first-order valence-corrected chi connectivity index (χ1v) is 4.36. The Bertz CT molecular complexity index is 347. The number of nitrogens with one attached hydrogen (secondary N) is 1. The van der Waals surface area contributed by atoms with Gasteiger partial charge in [-0.1, -0.05) is 23.2 Å². The Morgan fingerprint density at radius 1 is 1.43 bits per heavy atom. The molecule has 0 fully saturated rings. The standard InChI is InChI=1S/C8H6Cl2FNO2/c9-5-1-4(12-3-7(13)14)2-6(10)8(5)11/h1-2,12H,3H2,(H,13,14). The minimum Gasteiger partial charge on any atom is -0.480 e. The number of halogens is 3. The summed E-state index contributed by atoms with van der Waals surface area (Å²) in [5.74, 6) is -1.74. The Balaban J connectivity index is 2.84. The number of carbonyl (C=O) groups is 1. The topological polar surface area (TPSA) is 49.3 Å². The van der Waals surface area contributed by atoms with Crippen LogP contribution in [0.1, 0.15) is 0 Å². The fraction of sp³-hybridized carbons (Fsp3) is 0.125. The maximum Gasteiger partial charge on any atom is 0.322 e. The predicted octanol–water partition coefficient (Wildman–Crippen LogP) is 2.63. The molecule has 0 aromatic heterocycles. The first-order valence-electron chi connectivity index (χ1n) is 3.61. The van der Waals surface area contributed by atoms with Crippen molar-refractivity contribution in [3.05, 3.63) is 28.0 Å². The van der Waals surface area contributed by atoms with Gasteiger partial charge >= 0.3 is 5.97 Å². The van der Waals surface area contributed by atoms with Gasteiger partial charge in [-0.05, 0) is 12.1 Å². The van der Waals surface area contributed by atoms with E-state index in [1.165, 1.54) is 12.1 Å². The van der Waals surface area contributed by atoms with E-state index >= 15 is 0 Å². The number of aliphatic carboxylic acids is 1. The number of hydrogen-bond donors (Lipinski definition) is 2. The average molecular weight is 238 g/mol. The minimum atomic E-state index is -1.03. The third-order valence-electron chi connectivity index (χ3n) is 1.43. The van der Waals surface area contributed by atoms with E-state index in [2.05, 4.69) is 5.32 Å². The summed E-state index contributed by atoms with van der Waals surface area (Å²) in [7, 11) is 0. The smallest absolute Gasteiger partial charge is 0.322 e. The molecule has 0 heterocycles. The molecule has 0 atom stereocenters. The van der Waals surface area contributed by atoms with E-state index < -0.39 is 11.8 Å². The molecule has 1 rings (SSSR count). The van der Waals surface area contributed by atoms with Gasteiger partial charge in [0.05, 0.1) is 10.0 Å². The van der Waals surface area contributed by atoms with E-state index in [1.54, 1.807) is 0 Å². The highest BCUT2D eigenvalue weighted by molar-refractivity contribution is 6.35.